The number of rotatable bonds is 6. The topological polar surface area (TPSA) is 58.1 Å². The largest absolute Gasteiger partial charge is 0.322 e. The lowest BCUT2D eigenvalue weighted by Gasteiger charge is -2.25. The first-order chi connectivity index (χ1) is 13.5. The third-order valence-electron chi connectivity index (χ3n) is 5.15. The summed E-state index contributed by atoms with van der Waals surface area (Å²) in [5, 5.41) is 3.00. The number of anilines is 1. The van der Waals surface area contributed by atoms with Crippen LogP contribution in [-0.2, 0) is 6.54 Å². The number of aromatic nitrogens is 2. The van der Waals surface area contributed by atoms with Crippen LogP contribution in [0.3, 0.4) is 0 Å². The van der Waals surface area contributed by atoms with Gasteiger partial charge in [0.05, 0.1) is 0 Å². The third kappa shape index (κ3) is 4.61. The summed E-state index contributed by atoms with van der Waals surface area (Å²) in [4.78, 5) is 23.4. The fourth-order valence-corrected chi connectivity index (χ4v) is 3.08. The molecule has 0 bridgehead atoms. The lowest BCUT2D eigenvalue weighted by molar-refractivity contribution is 0.102. The highest BCUT2D eigenvalue weighted by Gasteiger charge is 2.14. The molecular weight excluding hydrogens is 348 g/mol. The molecule has 144 valence electrons. The molecule has 2 aromatic heterocycles. The van der Waals surface area contributed by atoms with Gasteiger partial charge in [0.25, 0.3) is 5.91 Å². The number of hydrogen-bond acceptors (Lipinski definition) is 4. The molecule has 0 saturated carbocycles. The smallest absolute Gasteiger partial charge is 0.255 e. The zero-order valence-corrected chi connectivity index (χ0v) is 16.8. The molecule has 0 radical (unpaired) electrons. The van der Waals surface area contributed by atoms with Crippen LogP contribution < -0.4 is 5.32 Å². The Morgan fingerprint density at radius 1 is 1.14 bits per heavy atom. The maximum absolute atomic E-state index is 12.7. The number of carbonyl (C=O) groups is 1. The quantitative estimate of drug-likeness (QED) is 0.688. The van der Waals surface area contributed by atoms with E-state index >= 15 is 0 Å². The summed E-state index contributed by atoms with van der Waals surface area (Å²) in [5.74, 6) is -0.112. The molecule has 5 nitrogen and oxygen atoms in total. The number of amides is 1. The maximum Gasteiger partial charge on any atom is 0.255 e. The van der Waals surface area contributed by atoms with Crippen molar-refractivity contribution in [2.24, 2.45) is 0 Å². The number of nitrogens with one attached hydrogen (secondary N) is 1. The van der Waals surface area contributed by atoms with Crippen molar-refractivity contribution in [3.63, 3.8) is 0 Å². The molecule has 0 unspecified atom stereocenters. The van der Waals surface area contributed by atoms with E-state index in [0.717, 1.165) is 29.1 Å². The first kappa shape index (κ1) is 19.7. The Morgan fingerprint density at radius 3 is 2.71 bits per heavy atom. The summed E-state index contributed by atoms with van der Waals surface area (Å²) >= 11 is 0. The average molecular weight is 374 g/mol. The van der Waals surface area contributed by atoms with Gasteiger partial charge < -0.3 is 5.32 Å². The minimum atomic E-state index is -0.112. The number of pyridine rings is 2. The van der Waals surface area contributed by atoms with Crippen molar-refractivity contribution in [1.82, 2.24) is 14.9 Å². The van der Waals surface area contributed by atoms with Crippen molar-refractivity contribution in [2.45, 2.75) is 33.4 Å². The van der Waals surface area contributed by atoms with Crippen LogP contribution in [0.4, 0.5) is 5.69 Å². The Balaban J connectivity index is 1.71. The highest BCUT2D eigenvalue weighted by Crippen LogP contribution is 2.21. The standard InChI is InChI=1S/C23H26N4O/c1-16-17(2)25-12-10-22(16)26-23(28)20-8-5-7-19(13-20)15-27(4)18(3)21-9-6-11-24-14-21/h5-14,18H,15H2,1-4H3,(H,25,26,28)/t18-/m1/s1. The fourth-order valence-electron chi connectivity index (χ4n) is 3.08. The summed E-state index contributed by atoms with van der Waals surface area (Å²) < 4.78 is 0. The summed E-state index contributed by atoms with van der Waals surface area (Å²) in [5.41, 5.74) is 5.60. The summed E-state index contributed by atoms with van der Waals surface area (Å²) in [6, 6.07) is 13.9. The number of carbonyl (C=O) groups excluding carboxylic acids is 1. The molecule has 0 saturated heterocycles. The van der Waals surface area contributed by atoms with E-state index in [4.69, 9.17) is 0 Å². The molecular formula is C23H26N4O. The van der Waals surface area contributed by atoms with Gasteiger partial charge in [0, 0.05) is 48.1 Å². The molecule has 1 atom stereocenters. The van der Waals surface area contributed by atoms with E-state index in [0.29, 0.717) is 5.56 Å². The molecule has 1 aromatic carbocycles. The molecule has 0 fully saturated rings. The Hall–Kier alpha value is -3.05. The molecule has 1 amide bonds. The molecule has 28 heavy (non-hydrogen) atoms. The fraction of sp³-hybridized carbons (Fsp3) is 0.261. The number of aryl methyl sites for hydroxylation is 1. The van der Waals surface area contributed by atoms with Gasteiger partial charge in [-0.15, -0.1) is 0 Å². The summed E-state index contributed by atoms with van der Waals surface area (Å²) in [7, 11) is 2.08. The van der Waals surface area contributed by atoms with E-state index < -0.39 is 0 Å². The highest BCUT2D eigenvalue weighted by atomic mass is 16.1. The molecule has 0 aliphatic carbocycles. The van der Waals surface area contributed by atoms with Crippen molar-refractivity contribution in [1.29, 1.82) is 0 Å². The number of nitrogens with zero attached hydrogens (tertiary/aromatic N) is 3. The Morgan fingerprint density at radius 2 is 1.96 bits per heavy atom. The van der Waals surface area contributed by atoms with Crippen LogP contribution in [0, 0.1) is 13.8 Å². The first-order valence-corrected chi connectivity index (χ1v) is 9.38. The predicted molar refractivity (Wildman–Crippen MR) is 112 cm³/mol. The van der Waals surface area contributed by atoms with Gasteiger partial charge in [0.2, 0.25) is 0 Å². The van der Waals surface area contributed by atoms with Crippen molar-refractivity contribution >= 4 is 11.6 Å². The summed E-state index contributed by atoms with van der Waals surface area (Å²) in [6.07, 6.45) is 5.39. The van der Waals surface area contributed by atoms with E-state index in [1.165, 1.54) is 5.56 Å². The van der Waals surface area contributed by atoms with E-state index in [-0.39, 0.29) is 11.9 Å². The lowest BCUT2D eigenvalue weighted by Crippen LogP contribution is -2.22. The highest BCUT2D eigenvalue weighted by molar-refractivity contribution is 6.04. The molecule has 0 aliphatic heterocycles. The Kier molecular flexibility index (Phi) is 6.16. The minimum absolute atomic E-state index is 0.112. The van der Waals surface area contributed by atoms with Gasteiger partial charge >= 0.3 is 0 Å². The van der Waals surface area contributed by atoms with Crippen molar-refractivity contribution in [3.05, 3.63) is 89.0 Å². The maximum atomic E-state index is 12.7. The van der Waals surface area contributed by atoms with Gasteiger partial charge in [-0.3, -0.25) is 19.7 Å². The van der Waals surface area contributed by atoms with Gasteiger partial charge in [-0.25, -0.2) is 0 Å². The van der Waals surface area contributed by atoms with Crippen molar-refractivity contribution < 1.29 is 4.79 Å². The van der Waals surface area contributed by atoms with Crippen LogP contribution in [0.5, 0.6) is 0 Å². The average Bonchev–Trinajstić information content (AvgIpc) is 2.71. The van der Waals surface area contributed by atoms with E-state index in [9.17, 15) is 4.79 Å². The molecule has 5 heteroatoms. The third-order valence-corrected chi connectivity index (χ3v) is 5.15. The second-order valence-corrected chi connectivity index (χ2v) is 7.10. The van der Waals surface area contributed by atoms with E-state index in [1.807, 2.05) is 56.4 Å². The van der Waals surface area contributed by atoms with Crippen LogP contribution in [0.2, 0.25) is 0 Å². The van der Waals surface area contributed by atoms with Gasteiger partial charge in [0.15, 0.2) is 0 Å². The second kappa shape index (κ2) is 8.76. The second-order valence-electron chi connectivity index (χ2n) is 7.10. The van der Waals surface area contributed by atoms with Crippen LogP contribution in [-0.4, -0.2) is 27.8 Å². The van der Waals surface area contributed by atoms with Crippen molar-refractivity contribution in [2.75, 3.05) is 12.4 Å². The van der Waals surface area contributed by atoms with Crippen LogP contribution in [0.1, 0.15) is 45.7 Å². The van der Waals surface area contributed by atoms with Gasteiger partial charge in [-0.1, -0.05) is 18.2 Å². The summed E-state index contributed by atoms with van der Waals surface area (Å²) in [6.45, 7) is 6.79. The zero-order chi connectivity index (χ0) is 20.1. The normalized spacial score (nSPS) is 12.0. The van der Waals surface area contributed by atoms with Crippen molar-refractivity contribution in [3.8, 4) is 0 Å². The van der Waals surface area contributed by atoms with Gasteiger partial charge in [-0.05, 0) is 68.8 Å². The number of hydrogen-bond donors (Lipinski definition) is 1. The Bertz CT molecular complexity index is 956. The molecule has 1 N–H and O–H groups in total. The van der Waals surface area contributed by atoms with Crippen LogP contribution in [0.15, 0.2) is 61.1 Å². The van der Waals surface area contributed by atoms with E-state index in [1.54, 1.807) is 12.4 Å². The molecule has 3 aromatic rings. The SMILES string of the molecule is Cc1nccc(NC(=O)c2cccc(CN(C)[C@H](C)c3cccnc3)c2)c1C. The monoisotopic (exact) mass is 374 g/mol. The molecule has 2 heterocycles. The number of benzene rings is 1. The Labute approximate surface area is 166 Å². The first-order valence-electron chi connectivity index (χ1n) is 9.38. The van der Waals surface area contributed by atoms with Gasteiger partial charge in [0.1, 0.15) is 0 Å². The van der Waals surface area contributed by atoms with Crippen LogP contribution >= 0.6 is 0 Å². The van der Waals surface area contributed by atoms with Crippen LogP contribution in [0.25, 0.3) is 0 Å². The molecule has 0 aliphatic rings. The molecule has 0 spiro atoms. The van der Waals surface area contributed by atoms with Gasteiger partial charge in [-0.2, -0.15) is 0 Å². The lowest BCUT2D eigenvalue weighted by atomic mass is 10.1. The van der Waals surface area contributed by atoms with E-state index in [2.05, 4.69) is 40.2 Å². The minimum Gasteiger partial charge on any atom is -0.322 e. The zero-order valence-electron chi connectivity index (χ0n) is 16.8. The predicted octanol–water partition coefficient (Wildman–Crippen LogP) is 4.54. The molecule has 3 rings (SSSR count).